The molecule has 2 fully saturated rings. The van der Waals surface area contributed by atoms with Crippen LogP contribution in [0, 0.1) is 0 Å². The molecule has 2 aromatic carbocycles. The molecule has 8 nitrogen and oxygen atoms in total. The Morgan fingerprint density at radius 2 is 0.940 bits per heavy atom. The highest BCUT2D eigenvalue weighted by Crippen LogP contribution is 2.30. The van der Waals surface area contributed by atoms with Crippen LogP contribution in [0.25, 0.3) is 22.8 Å². The van der Waals surface area contributed by atoms with Crippen molar-refractivity contribution in [3.63, 3.8) is 0 Å². The van der Waals surface area contributed by atoms with Crippen LogP contribution >= 0.6 is 0 Å². The summed E-state index contributed by atoms with van der Waals surface area (Å²) >= 11 is 0. The summed E-state index contributed by atoms with van der Waals surface area (Å²) in [5, 5.41) is 0. The van der Waals surface area contributed by atoms with Gasteiger partial charge in [0.15, 0.2) is 11.6 Å². The van der Waals surface area contributed by atoms with E-state index in [0.717, 1.165) is 113 Å². The maximum absolute atomic E-state index is 13.1. The Morgan fingerprint density at radius 1 is 0.560 bits per heavy atom. The zero-order valence-electron chi connectivity index (χ0n) is 30.1. The van der Waals surface area contributed by atoms with Crippen molar-refractivity contribution in [2.75, 3.05) is 26.2 Å². The van der Waals surface area contributed by atoms with Crippen LogP contribution in [0.5, 0.6) is 0 Å². The monoisotopic (exact) mass is 674 g/mol. The SMILES string of the molecule is CCCC[C@H](C(=O)N1CCCCC1)c1cccc(-c2ncccn2)c1.CCCC[C@H](C(=O)N1CCCCC1)c1cccc(-c2ncccn2)c1. The third-order valence-electron chi connectivity index (χ3n) is 9.85. The summed E-state index contributed by atoms with van der Waals surface area (Å²) < 4.78 is 0. The van der Waals surface area contributed by atoms with Crippen LogP contribution in [0.1, 0.15) is 114 Å². The molecule has 50 heavy (non-hydrogen) atoms. The third-order valence-corrected chi connectivity index (χ3v) is 9.85. The van der Waals surface area contributed by atoms with Crippen molar-refractivity contribution in [2.24, 2.45) is 0 Å². The number of rotatable bonds is 12. The standard InChI is InChI=1S/2C21H27N3O/c2*1-2-3-11-19(21(25)24-14-5-4-6-15-24)17-9-7-10-18(16-17)20-22-12-8-13-23-20/h2*7-10,12-13,16,19H,2-6,11,14-15H2,1H3/t2*19-/m00/s1. The number of piperidine rings is 2. The lowest BCUT2D eigenvalue weighted by atomic mass is 9.90. The number of hydrogen-bond acceptors (Lipinski definition) is 6. The van der Waals surface area contributed by atoms with Gasteiger partial charge in [0.25, 0.3) is 0 Å². The average molecular weight is 675 g/mol. The highest BCUT2D eigenvalue weighted by molar-refractivity contribution is 5.85. The molecule has 0 N–H and O–H groups in total. The van der Waals surface area contributed by atoms with Crippen LogP contribution in [0.15, 0.2) is 85.5 Å². The molecule has 0 bridgehead atoms. The Morgan fingerprint density at radius 3 is 1.30 bits per heavy atom. The second kappa shape index (κ2) is 19.7. The van der Waals surface area contributed by atoms with E-state index in [1.807, 2.05) is 36.4 Å². The quantitative estimate of drug-likeness (QED) is 0.149. The highest BCUT2D eigenvalue weighted by atomic mass is 16.2. The lowest BCUT2D eigenvalue weighted by molar-refractivity contribution is -0.134. The molecule has 2 aromatic heterocycles. The van der Waals surface area contributed by atoms with Gasteiger partial charge in [0, 0.05) is 62.1 Å². The van der Waals surface area contributed by atoms with Gasteiger partial charge in [-0.3, -0.25) is 9.59 Å². The number of nitrogens with zero attached hydrogens (tertiary/aromatic N) is 6. The minimum Gasteiger partial charge on any atom is -0.342 e. The van der Waals surface area contributed by atoms with Gasteiger partial charge in [0.1, 0.15) is 0 Å². The van der Waals surface area contributed by atoms with E-state index in [9.17, 15) is 9.59 Å². The van der Waals surface area contributed by atoms with E-state index in [2.05, 4.69) is 67.8 Å². The molecule has 8 heteroatoms. The van der Waals surface area contributed by atoms with Crippen LogP contribution in [-0.2, 0) is 9.59 Å². The minimum absolute atomic E-state index is 0.0540. The van der Waals surface area contributed by atoms with Gasteiger partial charge in [-0.15, -0.1) is 0 Å². The number of unbranched alkanes of at least 4 members (excludes halogenated alkanes) is 2. The maximum Gasteiger partial charge on any atom is 0.230 e. The molecule has 2 aliphatic heterocycles. The topological polar surface area (TPSA) is 92.2 Å². The van der Waals surface area contributed by atoms with Crippen LogP contribution in [0.2, 0.25) is 0 Å². The van der Waals surface area contributed by atoms with Gasteiger partial charge >= 0.3 is 0 Å². The molecule has 2 atom stereocenters. The fourth-order valence-corrected chi connectivity index (χ4v) is 7.04. The van der Waals surface area contributed by atoms with Gasteiger partial charge in [-0.05, 0) is 86.8 Å². The summed E-state index contributed by atoms with van der Waals surface area (Å²) in [4.78, 5) is 47.8. The number of carbonyl (C=O) groups excluding carboxylic acids is 2. The molecular weight excluding hydrogens is 621 g/mol. The van der Waals surface area contributed by atoms with Crippen molar-refractivity contribution in [3.8, 4) is 22.8 Å². The van der Waals surface area contributed by atoms with Gasteiger partial charge in [-0.1, -0.05) is 75.9 Å². The molecule has 0 aliphatic carbocycles. The first-order valence-electron chi connectivity index (χ1n) is 18.9. The van der Waals surface area contributed by atoms with E-state index in [0.29, 0.717) is 23.5 Å². The second-order valence-corrected chi connectivity index (χ2v) is 13.6. The molecule has 0 radical (unpaired) electrons. The zero-order chi connectivity index (χ0) is 35.0. The lowest BCUT2D eigenvalue weighted by Gasteiger charge is -2.31. The molecule has 0 unspecified atom stereocenters. The Labute approximate surface area is 298 Å². The molecular formula is C42H54N6O2. The highest BCUT2D eigenvalue weighted by Gasteiger charge is 2.28. The lowest BCUT2D eigenvalue weighted by Crippen LogP contribution is -2.38. The smallest absolute Gasteiger partial charge is 0.230 e. The summed E-state index contributed by atoms with van der Waals surface area (Å²) in [7, 11) is 0. The molecule has 2 saturated heterocycles. The first kappa shape index (κ1) is 36.8. The van der Waals surface area contributed by atoms with Gasteiger partial charge in [-0.25, -0.2) is 19.9 Å². The van der Waals surface area contributed by atoms with Crippen molar-refractivity contribution in [1.29, 1.82) is 0 Å². The molecule has 4 heterocycles. The largest absolute Gasteiger partial charge is 0.342 e. The first-order valence-corrected chi connectivity index (χ1v) is 18.9. The van der Waals surface area contributed by atoms with Crippen molar-refractivity contribution >= 4 is 11.8 Å². The van der Waals surface area contributed by atoms with Gasteiger partial charge in [0.2, 0.25) is 11.8 Å². The Kier molecular flexibility index (Phi) is 14.5. The summed E-state index contributed by atoms with van der Waals surface area (Å²) in [5.41, 5.74) is 4.14. The van der Waals surface area contributed by atoms with E-state index in [-0.39, 0.29) is 11.8 Å². The normalized spacial score (nSPS) is 15.8. The van der Waals surface area contributed by atoms with Crippen molar-refractivity contribution in [2.45, 2.75) is 103 Å². The Balaban J connectivity index is 0.000000194. The van der Waals surface area contributed by atoms with Crippen LogP contribution in [0.3, 0.4) is 0 Å². The molecule has 6 rings (SSSR count). The first-order chi connectivity index (χ1) is 24.6. The van der Waals surface area contributed by atoms with Gasteiger partial charge < -0.3 is 9.80 Å². The summed E-state index contributed by atoms with van der Waals surface area (Å²) in [6.07, 6.45) is 20.2. The second-order valence-electron chi connectivity index (χ2n) is 13.6. The Hall–Kier alpha value is -4.46. The summed E-state index contributed by atoms with van der Waals surface area (Å²) in [5.74, 6) is 1.90. The van der Waals surface area contributed by atoms with Crippen LogP contribution < -0.4 is 0 Å². The Bertz CT molecular complexity index is 1480. The van der Waals surface area contributed by atoms with Crippen molar-refractivity contribution in [1.82, 2.24) is 29.7 Å². The molecule has 0 spiro atoms. The predicted molar refractivity (Wildman–Crippen MR) is 200 cm³/mol. The number of aromatic nitrogens is 4. The molecule has 264 valence electrons. The fourth-order valence-electron chi connectivity index (χ4n) is 7.04. The summed E-state index contributed by atoms with van der Waals surface area (Å²) in [6.45, 7) is 7.98. The minimum atomic E-state index is -0.0540. The molecule has 2 amide bonds. The third kappa shape index (κ3) is 10.3. The number of amides is 2. The maximum atomic E-state index is 13.1. The number of likely N-dealkylation sites (tertiary alicyclic amines) is 2. The van der Waals surface area contributed by atoms with Crippen LogP contribution in [0.4, 0.5) is 0 Å². The molecule has 4 aromatic rings. The van der Waals surface area contributed by atoms with Crippen LogP contribution in [-0.4, -0.2) is 67.7 Å². The van der Waals surface area contributed by atoms with E-state index >= 15 is 0 Å². The number of carbonyl (C=O) groups is 2. The summed E-state index contributed by atoms with van der Waals surface area (Å²) in [6, 6.07) is 20.0. The number of benzene rings is 2. The fraction of sp³-hybridized carbons (Fsp3) is 0.476. The van der Waals surface area contributed by atoms with E-state index in [1.165, 1.54) is 12.8 Å². The number of hydrogen-bond donors (Lipinski definition) is 0. The van der Waals surface area contributed by atoms with E-state index in [1.54, 1.807) is 24.8 Å². The predicted octanol–water partition coefficient (Wildman–Crippen LogP) is 8.86. The molecule has 0 saturated carbocycles. The van der Waals surface area contributed by atoms with Gasteiger partial charge in [0.05, 0.1) is 11.8 Å². The van der Waals surface area contributed by atoms with E-state index < -0.39 is 0 Å². The molecule has 2 aliphatic rings. The van der Waals surface area contributed by atoms with Crippen molar-refractivity contribution < 1.29 is 9.59 Å². The average Bonchev–Trinajstić information content (AvgIpc) is 3.20. The van der Waals surface area contributed by atoms with Crippen molar-refractivity contribution in [3.05, 3.63) is 96.6 Å². The van der Waals surface area contributed by atoms with E-state index in [4.69, 9.17) is 0 Å². The zero-order valence-corrected chi connectivity index (χ0v) is 30.1. The van der Waals surface area contributed by atoms with Gasteiger partial charge in [-0.2, -0.15) is 0 Å².